The second kappa shape index (κ2) is 11.4. The van der Waals surface area contributed by atoms with Crippen molar-refractivity contribution in [2.45, 2.75) is 39.5 Å². The molecule has 1 saturated heterocycles. The van der Waals surface area contributed by atoms with Crippen LogP contribution in [-0.4, -0.2) is 57.3 Å². The molecule has 22 heavy (non-hydrogen) atoms. The number of hydrogen-bond acceptors (Lipinski definition) is 4. The molecule has 1 heterocycles. The Labute approximate surface area is 135 Å². The van der Waals surface area contributed by atoms with Crippen LogP contribution in [-0.2, 0) is 4.84 Å². The lowest BCUT2D eigenvalue weighted by Crippen LogP contribution is -2.36. The van der Waals surface area contributed by atoms with Gasteiger partial charge in [0.05, 0.1) is 6.61 Å². The van der Waals surface area contributed by atoms with Crippen LogP contribution in [0.2, 0.25) is 0 Å². The van der Waals surface area contributed by atoms with Crippen LogP contribution in [0.3, 0.4) is 0 Å². The molecular weight excluding hydrogens is 276 g/mol. The summed E-state index contributed by atoms with van der Waals surface area (Å²) in [6, 6.07) is 0. The van der Waals surface area contributed by atoms with Crippen molar-refractivity contribution < 1.29 is 4.84 Å². The second-order valence-corrected chi connectivity index (χ2v) is 5.91. The van der Waals surface area contributed by atoms with Crippen LogP contribution in [0.25, 0.3) is 0 Å². The number of amidine groups is 1. The highest BCUT2D eigenvalue weighted by molar-refractivity contribution is 6.14. The van der Waals surface area contributed by atoms with Crippen molar-refractivity contribution in [2.24, 2.45) is 15.9 Å². The summed E-state index contributed by atoms with van der Waals surface area (Å²) in [5.41, 5.74) is 3.95. The number of rotatable bonds is 8. The number of allylic oxidation sites excluding steroid dienone is 1. The normalized spacial score (nSPS) is 19.6. The average Bonchev–Trinajstić information content (AvgIpc) is 2.52. The van der Waals surface area contributed by atoms with E-state index >= 15 is 0 Å². The third-order valence-corrected chi connectivity index (χ3v) is 3.74. The number of nitrogens with zero attached hydrogens (tertiary/aromatic N) is 3. The fourth-order valence-electron chi connectivity index (χ4n) is 2.69. The van der Waals surface area contributed by atoms with Gasteiger partial charge in [-0.3, -0.25) is 14.8 Å². The van der Waals surface area contributed by atoms with Gasteiger partial charge in [-0.25, -0.2) is 5.48 Å². The molecule has 1 aliphatic rings. The zero-order valence-corrected chi connectivity index (χ0v) is 14.6. The van der Waals surface area contributed by atoms with Crippen LogP contribution in [0.4, 0.5) is 0 Å². The number of likely N-dealkylation sites (tertiary alicyclic amines) is 1. The molecule has 5 nitrogen and oxygen atoms in total. The van der Waals surface area contributed by atoms with E-state index in [9.17, 15) is 0 Å². The number of aliphatic imine (C=N–C) groups is 2. The maximum Gasteiger partial charge on any atom is 0.153 e. The fraction of sp³-hybridized carbons (Fsp3) is 0.765. The van der Waals surface area contributed by atoms with Gasteiger partial charge in [0.2, 0.25) is 0 Å². The highest BCUT2D eigenvalue weighted by atomic mass is 16.6. The van der Waals surface area contributed by atoms with Gasteiger partial charge in [-0.15, -0.1) is 0 Å². The molecule has 0 radical (unpaired) electrons. The summed E-state index contributed by atoms with van der Waals surface area (Å²) in [5.74, 6) is 1.24. The predicted octanol–water partition coefficient (Wildman–Crippen LogP) is 2.69. The van der Waals surface area contributed by atoms with Crippen molar-refractivity contribution in [1.82, 2.24) is 10.4 Å². The lowest BCUT2D eigenvalue weighted by atomic mass is 10.1. The molecule has 1 atom stereocenters. The molecule has 0 aromatic carbocycles. The molecule has 1 aliphatic heterocycles. The molecule has 1 rings (SSSR count). The Morgan fingerprint density at radius 2 is 2.00 bits per heavy atom. The van der Waals surface area contributed by atoms with Crippen LogP contribution in [0.5, 0.6) is 0 Å². The zero-order chi connectivity index (χ0) is 16.2. The van der Waals surface area contributed by atoms with Crippen LogP contribution in [0.15, 0.2) is 21.6 Å². The molecule has 126 valence electrons. The van der Waals surface area contributed by atoms with E-state index < -0.39 is 0 Å². The second-order valence-electron chi connectivity index (χ2n) is 5.91. The lowest BCUT2D eigenvalue weighted by Gasteiger charge is -2.28. The van der Waals surface area contributed by atoms with E-state index in [1.165, 1.54) is 32.4 Å². The molecule has 0 amide bonds. The van der Waals surface area contributed by atoms with E-state index in [0.29, 0.717) is 12.5 Å². The number of hydroxylamine groups is 1. The summed E-state index contributed by atoms with van der Waals surface area (Å²) in [6.07, 6.45) is 8.88. The van der Waals surface area contributed by atoms with Gasteiger partial charge < -0.3 is 4.90 Å². The minimum atomic E-state index is 0.502. The maximum atomic E-state index is 5.65. The third kappa shape index (κ3) is 7.18. The maximum absolute atomic E-state index is 5.65. The highest BCUT2D eigenvalue weighted by Crippen LogP contribution is 2.11. The van der Waals surface area contributed by atoms with Crippen LogP contribution >= 0.6 is 0 Å². The molecule has 0 spiro atoms. The molecule has 0 aromatic rings. The first-order valence-electron chi connectivity index (χ1n) is 8.40. The largest absolute Gasteiger partial charge is 0.303 e. The zero-order valence-electron chi connectivity index (χ0n) is 14.6. The standard InChI is InChI=1S/C17H32N4O/c1-5-9-16(12-18-3)17(19-4)20-22-14-15(2)13-21-10-7-6-8-11-21/h9,12,15H,5-8,10-11,13-14H2,1-4H3,(H,19,20)/b16-9+,18-12?. The van der Waals surface area contributed by atoms with Gasteiger partial charge in [0.25, 0.3) is 0 Å². The van der Waals surface area contributed by atoms with Gasteiger partial charge >= 0.3 is 0 Å². The van der Waals surface area contributed by atoms with Crippen LogP contribution in [0, 0.1) is 5.92 Å². The SMILES string of the molecule is CC/C=C(\C=NC)C(=NC)NOCC(C)CN1CCCCC1. The minimum absolute atomic E-state index is 0.502. The first-order valence-corrected chi connectivity index (χ1v) is 8.40. The van der Waals surface area contributed by atoms with E-state index in [4.69, 9.17) is 4.84 Å². The van der Waals surface area contributed by atoms with Gasteiger partial charge in [-0.2, -0.15) is 0 Å². The van der Waals surface area contributed by atoms with E-state index in [0.717, 1.165) is 24.4 Å². The van der Waals surface area contributed by atoms with Gasteiger partial charge in [-0.1, -0.05) is 26.3 Å². The molecule has 1 unspecified atom stereocenters. The third-order valence-electron chi connectivity index (χ3n) is 3.74. The Bertz CT molecular complexity index is 384. The quantitative estimate of drug-likeness (QED) is 0.426. The highest BCUT2D eigenvalue weighted by Gasteiger charge is 2.14. The molecule has 0 aliphatic carbocycles. The number of hydrogen-bond donors (Lipinski definition) is 1. The molecule has 1 N–H and O–H groups in total. The van der Waals surface area contributed by atoms with E-state index in [2.05, 4.69) is 40.3 Å². The van der Waals surface area contributed by atoms with Crippen molar-refractivity contribution in [3.63, 3.8) is 0 Å². The first-order chi connectivity index (χ1) is 10.7. The van der Waals surface area contributed by atoms with Gasteiger partial charge in [-0.05, 0) is 38.3 Å². The molecule has 5 heteroatoms. The molecule has 0 bridgehead atoms. The summed E-state index contributed by atoms with van der Waals surface area (Å²) in [6.45, 7) is 8.58. The Kier molecular flexibility index (Phi) is 9.75. The van der Waals surface area contributed by atoms with Gasteiger partial charge in [0.1, 0.15) is 0 Å². The lowest BCUT2D eigenvalue weighted by molar-refractivity contribution is 0.0465. The van der Waals surface area contributed by atoms with Crippen LogP contribution < -0.4 is 5.48 Å². The summed E-state index contributed by atoms with van der Waals surface area (Å²) in [4.78, 5) is 16.5. The smallest absolute Gasteiger partial charge is 0.153 e. The topological polar surface area (TPSA) is 49.2 Å². The van der Waals surface area contributed by atoms with E-state index in [1.807, 2.05) is 0 Å². The monoisotopic (exact) mass is 308 g/mol. The van der Waals surface area contributed by atoms with Crippen molar-refractivity contribution in [3.05, 3.63) is 11.6 Å². The fourth-order valence-corrected chi connectivity index (χ4v) is 2.69. The van der Waals surface area contributed by atoms with Crippen molar-refractivity contribution >= 4 is 12.1 Å². The van der Waals surface area contributed by atoms with Gasteiger partial charge in [0, 0.05) is 32.4 Å². The minimum Gasteiger partial charge on any atom is -0.303 e. The van der Waals surface area contributed by atoms with Crippen LogP contribution in [0.1, 0.15) is 39.5 Å². The van der Waals surface area contributed by atoms with Gasteiger partial charge in [0.15, 0.2) is 5.84 Å². The molecule has 1 fully saturated rings. The molecule has 0 saturated carbocycles. The Morgan fingerprint density at radius 1 is 1.27 bits per heavy atom. The molecular formula is C17H32N4O. The summed E-state index contributed by atoms with van der Waals surface area (Å²) in [5, 5.41) is 0. The van der Waals surface area contributed by atoms with Crippen molar-refractivity contribution in [1.29, 1.82) is 0 Å². The van der Waals surface area contributed by atoms with E-state index in [-0.39, 0.29) is 0 Å². The number of piperidine rings is 1. The Hall–Kier alpha value is -1.20. The first kappa shape index (κ1) is 18.8. The molecule has 0 aromatic heterocycles. The van der Waals surface area contributed by atoms with E-state index in [1.54, 1.807) is 20.3 Å². The predicted molar refractivity (Wildman–Crippen MR) is 94.7 cm³/mol. The number of nitrogens with one attached hydrogen (secondary N) is 1. The Morgan fingerprint density at radius 3 is 2.59 bits per heavy atom. The summed E-state index contributed by atoms with van der Waals surface area (Å²) in [7, 11) is 3.52. The Balaban J connectivity index is 2.35. The van der Waals surface area contributed by atoms with Crippen molar-refractivity contribution in [3.8, 4) is 0 Å². The summed E-state index contributed by atoms with van der Waals surface area (Å²) >= 11 is 0. The average molecular weight is 308 g/mol. The van der Waals surface area contributed by atoms with Crippen molar-refractivity contribution in [2.75, 3.05) is 40.3 Å². The summed E-state index contributed by atoms with van der Waals surface area (Å²) < 4.78 is 0.